The monoisotopic (exact) mass is 359 g/mol. The molecule has 0 spiro atoms. The molecule has 2 aromatic rings. The van der Waals surface area contributed by atoms with Crippen molar-refractivity contribution >= 4 is 11.8 Å². The Balaban J connectivity index is 1.68. The summed E-state index contributed by atoms with van der Waals surface area (Å²) in [5.41, 5.74) is 0.500. The highest BCUT2D eigenvalue weighted by molar-refractivity contribution is 5.96. The van der Waals surface area contributed by atoms with Gasteiger partial charge in [0.15, 0.2) is 0 Å². The van der Waals surface area contributed by atoms with Gasteiger partial charge in [0.25, 0.3) is 5.91 Å². The second-order valence-electron chi connectivity index (χ2n) is 5.87. The number of benzene rings is 1. The van der Waals surface area contributed by atoms with Crippen LogP contribution in [0.25, 0.3) is 0 Å². The Kier molecular flexibility index (Phi) is 7.60. The molecule has 0 radical (unpaired) electrons. The van der Waals surface area contributed by atoms with Gasteiger partial charge in [0.05, 0.1) is 18.7 Å². The minimum Gasteiger partial charge on any atom is -0.493 e. The van der Waals surface area contributed by atoms with E-state index in [2.05, 4.69) is 20.7 Å². The third-order valence-electron chi connectivity index (χ3n) is 3.63. The molecule has 2 rings (SSSR count). The average Bonchev–Trinajstić information content (AvgIpc) is 3.12. The Hall–Kier alpha value is -2.90. The molecule has 1 aromatic carbocycles. The number of hydrogen-bond donors (Lipinski definition) is 2. The summed E-state index contributed by atoms with van der Waals surface area (Å²) in [6, 6.07) is 7.06. The Bertz CT molecular complexity index is 703. The van der Waals surface area contributed by atoms with E-state index in [9.17, 15) is 9.59 Å². The fourth-order valence-corrected chi connectivity index (χ4v) is 2.48. The highest BCUT2D eigenvalue weighted by Crippen LogP contribution is 2.17. The molecule has 140 valence electrons. The van der Waals surface area contributed by atoms with E-state index in [1.54, 1.807) is 29.2 Å². The second-order valence-corrected chi connectivity index (χ2v) is 5.87. The first-order valence-electron chi connectivity index (χ1n) is 8.72. The molecule has 0 aliphatic heterocycles. The molecule has 2 amide bonds. The number of nitrogens with zero attached hydrogens (tertiary/aromatic N) is 3. The zero-order valence-electron chi connectivity index (χ0n) is 15.1. The molecule has 0 aliphatic rings. The Morgan fingerprint density at radius 2 is 2.12 bits per heavy atom. The molecule has 1 heterocycles. The van der Waals surface area contributed by atoms with Crippen molar-refractivity contribution in [1.82, 2.24) is 25.4 Å². The molecule has 0 saturated carbocycles. The van der Waals surface area contributed by atoms with Crippen LogP contribution in [0.1, 0.15) is 37.0 Å². The van der Waals surface area contributed by atoms with Crippen molar-refractivity contribution in [2.45, 2.75) is 39.3 Å². The zero-order chi connectivity index (χ0) is 18.8. The van der Waals surface area contributed by atoms with Crippen molar-refractivity contribution in [3.05, 3.63) is 42.5 Å². The minimum atomic E-state index is -0.200. The first-order valence-corrected chi connectivity index (χ1v) is 8.72. The molecule has 2 N–H and O–H groups in total. The van der Waals surface area contributed by atoms with E-state index >= 15 is 0 Å². The number of aromatic nitrogens is 3. The van der Waals surface area contributed by atoms with Gasteiger partial charge >= 0.3 is 0 Å². The van der Waals surface area contributed by atoms with Crippen LogP contribution in [-0.4, -0.2) is 45.8 Å². The molecule has 0 fully saturated rings. The lowest BCUT2D eigenvalue weighted by Gasteiger charge is -2.14. The van der Waals surface area contributed by atoms with Gasteiger partial charge in [0, 0.05) is 19.0 Å². The lowest BCUT2D eigenvalue weighted by Crippen LogP contribution is -2.36. The van der Waals surface area contributed by atoms with Crippen molar-refractivity contribution in [1.29, 1.82) is 0 Å². The van der Waals surface area contributed by atoms with Crippen LogP contribution in [0.5, 0.6) is 5.75 Å². The zero-order valence-corrected chi connectivity index (χ0v) is 15.1. The molecule has 0 saturated heterocycles. The van der Waals surface area contributed by atoms with Gasteiger partial charge in [-0.2, -0.15) is 5.10 Å². The second kappa shape index (κ2) is 10.2. The number of carbonyl (C=O) groups is 2. The summed E-state index contributed by atoms with van der Waals surface area (Å²) in [5, 5.41) is 9.73. The average molecular weight is 359 g/mol. The van der Waals surface area contributed by atoms with Crippen LogP contribution in [-0.2, 0) is 11.3 Å². The maximum absolute atomic E-state index is 12.2. The number of amides is 2. The molecule has 8 nitrogen and oxygen atoms in total. The van der Waals surface area contributed by atoms with E-state index < -0.39 is 0 Å². The summed E-state index contributed by atoms with van der Waals surface area (Å²) >= 11 is 0. The molecule has 0 aliphatic carbocycles. The van der Waals surface area contributed by atoms with Gasteiger partial charge in [-0.1, -0.05) is 12.1 Å². The molecule has 26 heavy (non-hydrogen) atoms. The topological polar surface area (TPSA) is 98.1 Å². The van der Waals surface area contributed by atoms with Gasteiger partial charge in [-0.3, -0.25) is 14.3 Å². The summed E-state index contributed by atoms with van der Waals surface area (Å²) in [7, 11) is 0. The Morgan fingerprint density at radius 3 is 2.85 bits per heavy atom. The first-order chi connectivity index (χ1) is 12.6. The van der Waals surface area contributed by atoms with Gasteiger partial charge in [-0.15, -0.1) is 0 Å². The summed E-state index contributed by atoms with van der Waals surface area (Å²) in [6.45, 7) is 5.27. The molecule has 0 bridgehead atoms. The van der Waals surface area contributed by atoms with Crippen LogP contribution in [0.4, 0.5) is 0 Å². The van der Waals surface area contributed by atoms with Crippen molar-refractivity contribution < 1.29 is 14.3 Å². The lowest BCUT2D eigenvalue weighted by atomic mass is 10.2. The normalized spacial score (nSPS) is 11.6. The summed E-state index contributed by atoms with van der Waals surface area (Å²) < 4.78 is 7.12. The third-order valence-corrected chi connectivity index (χ3v) is 3.63. The van der Waals surface area contributed by atoms with Gasteiger partial charge in [-0.25, -0.2) is 4.98 Å². The number of carbonyl (C=O) groups excluding carboxylic acids is 2. The minimum absolute atomic E-state index is 0.0446. The SMILES string of the molecule is CCOc1ccccc1C(=O)NCCCC(=O)NC(C)Cn1cncn1. The largest absolute Gasteiger partial charge is 0.493 e. The molecular formula is C18H25N5O3. The van der Waals surface area contributed by atoms with Crippen LogP contribution in [0.15, 0.2) is 36.9 Å². The van der Waals surface area contributed by atoms with Gasteiger partial charge in [-0.05, 0) is 32.4 Å². The summed E-state index contributed by atoms with van der Waals surface area (Å²) in [5.74, 6) is 0.308. The molecule has 1 atom stereocenters. The first kappa shape index (κ1) is 19.4. The van der Waals surface area contributed by atoms with Crippen LogP contribution in [0.3, 0.4) is 0 Å². The van der Waals surface area contributed by atoms with E-state index in [1.807, 2.05) is 19.9 Å². The molecular weight excluding hydrogens is 334 g/mol. The van der Waals surface area contributed by atoms with Crippen LogP contribution < -0.4 is 15.4 Å². The lowest BCUT2D eigenvalue weighted by molar-refractivity contribution is -0.121. The highest BCUT2D eigenvalue weighted by atomic mass is 16.5. The van der Waals surface area contributed by atoms with E-state index in [-0.39, 0.29) is 17.9 Å². The smallest absolute Gasteiger partial charge is 0.255 e. The third kappa shape index (κ3) is 6.19. The predicted octanol–water partition coefficient (Wildman–Crippen LogP) is 1.39. The van der Waals surface area contributed by atoms with E-state index in [4.69, 9.17) is 4.74 Å². The fraction of sp³-hybridized carbons (Fsp3) is 0.444. The number of ether oxygens (including phenoxy) is 1. The Labute approximate surface area is 153 Å². The predicted molar refractivity (Wildman–Crippen MR) is 96.8 cm³/mol. The maximum Gasteiger partial charge on any atom is 0.255 e. The van der Waals surface area contributed by atoms with E-state index in [0.29, 0.717) is 43.9 Å². The standard InChI is InChI=1S/C18H25N5O3/c1-3-26-16-8-5-4-7-15(16)18(25)20-10-6-9-17(24)22-14(2)11-23-13-19-12-21-23/h4-5,7-8,12-14H,3,6,9-11H2,1-2H3,(H,20,25)(H,22,24). The number of hydrogen-bond acceptors (Lipinski definition) is 5. The molecule has 1 aromatic heterocycles. The van der Waals surface area contributed by atoms with Crippen molar-refractivity contribution in [3.8, 4) is 5.75 Å². The maximum atomic E-state index is 12.2. The Morgan fingerprint density at radius 1 is 1.31 bits per heavy atom. The van der Waals surface area contributed by atoms with Crippen molar-refractivity contribution in [3.63, 3.8) is 0 Å². The molecule has 8 heteroatoms. The van der Waals surface area contributed by atoms with Gasteiger partial charge in [0.2, 0.25) is 5.91 Å². The molecule has 1 unspecified atom stereocenters. The highest BCUT2D eigenvalue weighted by Gasteiger charge is 2.12. The van der Waals surface area contributed by atoms with Crippen molar-refractivity contribution in [2.24, 2.45) is 0 Å². The fourth-order valence-electron chi connectivity index (χ4n) is 2.48. The van der Waals surface area contributed by atoms with Crippen LogP contribution >= 0.6 is 0 Å². The van der Waals surface area contributed by atoms with Gasteiger partial charge in [0.1, 0.15) is 18.4 Å². The van der Waals surface area contributed by atoms with E-state index in [0.717, 1.165) is 0 Å². The van der Waals surface area contributed by atoms with Crippen LogP contribution in [0.2, 0.25) is 0 Å². The van der Waals surface area contributed by atoms with Crippen LogP contribution in [0, 0.1) is 0 Å². The number of nitrogens with one attached hydrogen (secondary N) is 2. The van der Waals surface area contributed by atoms with Crippen molar-refractivity contribution in [2.75, 3.05) is 13.2 Å². The number of para-hydroxylation sites is 1. The summed E-state index contributed by atoms with van der Waals surface area (Å²) in [6.07, 6.45) is 3.97. The number of rotatable bonds is 10. The quantitative estimate of drug-likeness (QED) is 0.625. The summed E-state index contributed by atoms with van der Waals surface area (Å²) in [4.78, 5) is 28.0. The van der Waals surface area contributed by atoms with Gasteiger partial charge < -0.3 is 15.4 Å². The van der Waals surface area contributed by atoms with E-state index in [1.165, 1.54) is 6.33 Å².